The van der Waals surface area contributed by atoms with Crippen molar-refractivity contribution in [2.24, 2.45) is 5.92 Å². The number of aliphatic hydroxyl groups excluding tert-OH is 3. The van der Waals surface area contributed by atoms with E-state index < -0.39 is 6.10 Å². The predicted octanol–water partition coefficient (Wildman–Crippen LogP) is -0.873. The largest absolute Gasteiger partial charge is 0.396 e. The molecule has 12 heavy (non-hydrogen) atoms. The summed E-state index contributed by atoms with van der Waals surface area (Å²) in [6, 6.07) is 0. The standard InChI is InChI=1S/C8H16O4/c9-3-6(8(11)4-10)1-2-7-5-12-7/h6-11H,1-5H2. The molecule has 72 valence electrons. The minimum absolute atomic E-state index is 0.0750. The van der Waals surface area contributed by atoms with E-state index in [1.807, 2.05) is 0 Å². The minimum atomic E-state index is -0.797. The van der Waals surface area contributed by atoms with Crippen LogP contribution in [-0.2, 0) is 4.74 Å². The maximum Gasteiger partial charge on any atom is 0.0820 e. The van der Waals surface area contributed by atoms with Crippen molar-refractivity contribution in [3.8, 4) is 0 Å². The van der Waals surface area contributed by atoms with Crippen LogP contribution < -0.4 is 0 Å². The van der Waals surface area contributed by atoms with E-state index in [9.17, 15) is 5.11 Å². The first-order chi connectivity index (χ1) is 5.77. The van der Waals surface area contributed by atoms with Crippen molar-refractivity contribution in [3.05, 3.63) is 0 Å². The molecule has 0 amide bonds. The molecule has 0 aromatic heterocycles. The molecule has 1 rings (SSSR count). The lowest BCUT2D eigenvalue weighted by Gasteiger charge is -2.17. The molecular weight excluding hydrogens is 160 g/mol. The van der Waals surface area contributed by atoms with Gasteiger partial charge in [-0.25, -0.2) is 0 Å². The van der Waals surface area contributed by atoms with E-state index in [0.29, 0.717) is 12.5 Å². The highest BCUT2D eigenvalue weighted by Crippen LogP contribution is 2.20. The highest BCUT2D eigenvalue weighted by molar-refractivity contribution is 4.74. The molecule has 1 fully saturated rings. The van der Waals surface area contributed by atoms with E-state index in [2.05, 4.69) is 0 Å². The van der Waals surface area contributed by atoms with Gasteiger partial charge in [0.25, 0.3) is 0 Å². The average Bonchev–Trinajstić information content (AvgIpc) is 2.88. The van der Waals surface area contributed by atoms with Crippen LogP contribution in [0.15, 0.2) is 0 Å². The molecule has 0 aromatic carbocycles. The van der Waals surface area contributed by atoms with E-state index in [1.165, 1.54) is 0 Å². The molecule has 0 spiro atoms. The van der Waals surface area contributed by atoms with Crippen molar-refractivity contribution in [3.63, 3.8) is 0 Å². The summed E-state index contributed by atoms with van der Waals surface area (Å²) in [5, 5.41) is 26.7. The van der Waals surface area contributed by atoms with Crippen molar-refractivity contribution in [2.45, 2.75) is 25.0 Å². The Morgan fingerprint density at radius 1 is 1.33 bits per heavy atom. The lowest BCUT2D eigenvalue weighted by atomic mass is 9.97. The molecule has 0 aromatic rings. The maximum atomic E-state index is 9.20. The van der Waals surface area contributed by atoms with Crippen molar-refractivity contribution in [1.29, 1.82) is 0 Å². The molecule has 3 N–H and O–H groups in total. The normalized spacial score (nSPS) is 26.8. The van der Waals surface area contributed by atoms with Gasteiger partial charge in [0.2, 0.25) is 0 Å². The Labute approximate surface area is 71.8 Å². The van der Waals surface area contributed by atoms with Crippen molar-refractivity contribution < 1.29 is 20.1 Å². The Balaban J connectivity index is 2.13. The van der Waals surface area contributed by atoms with Gasteiger partial charge in [0, 0.05) is 12.5 Å². The first-order valence-corrected chi connectivity index (χ1v) is 4.29. The van der Waals surface area contributed by atoms with Crippen LogP contribution in [0.5, 0.6) is 0 Å². The maximum absolute atomic E-state index is 9.20. The smallest absolute Gasteiger partial charge is 0.0820 e. The van der Waals surface area contributed by atoms with E-state index in [1.54, 1.807) is 0 Å². The quantitative estimate of drug-likeness (QED) is 0.460. The molecule has 1 saturated heterocycles. The van der Waals surface area contributed by atoms with Gasteiger partial charge in [0.05, 0.1) is 25.4 Å². The van der Waals surface area contributed by atoms with Crippen LogP contribution >= 0.6 is 0 Å². The zero-order chi connectivity index (χ0) is 8.97. The molecule has 0 radical (unpaired) electrons. The fraction of sp³-hybridized carbons (Fsp3) is 1.00. The number of epoxide rings is 1. The van der Waals surface area contributed by atoms with Crippen LogP contribution in [-0.4, -0.2) is 47.3 Å². The minimum Gasteiger partial charge on any atom is -0.396 e. The number of hydrogen-bond acceptors (Lipinski definition) is 4. The third-order valence-corrected chi connectivity index (χ3v) is 2.23. The van der Waals surface area contributed by atoms with Gasteiger partial charge in [0.15, 0.2) is 0 Å². The van der Waals surface area contributed by atoms with Gasteiger partial charge in [-0.05, 0) is 12.8 Å². The molecule has 3 atom stereocenters. The highest BCUT2D eigenvalue weighted by Gasteiger charge is 2.25. The first-order valence-electron chi connectivity index (χ1n) is 4.29. The van der Waals surface area contributed by atoms with E-state index >= 15 is 0 Å². The number of rotatable bonds is 6. The van der Waals surface area contributed by atoms with E-state index in [4.69, 9.17) is 14.9 Å². The second kappa shape index (κ2) is 4.77. The van der Waals surface area contributed by atoms with Crippen molar-refractivity contribution in [2.75, 3.05) is 19.8 Å². The summed E-state index contributed by atoms with van der Waals surface area (Å²) in [7, 11) is 0. The molecule has 1 heterocycles. The van der Waals surface area contributed by atoms with Gasteiger partial charge in [-0.1, -0.05) is 0 Å². The van der Waals surface area contributed by atoms with Gasteiger partial charge >= 0.3 is 0 Å². The van der Waals surface area contributed by atoms with Crippen LogP contribution in [0, 0.1) is 5.92 Å². The zero-order valence-corrected chi connectivity index (χ0v) is 7.02. The first kappa shape index (κ1) is 9.92. The highest BCUT2D eigenvalue weighted by atomic mass is 16.6. The Kier molecular flexibility index (Phi) is 3.94. The Morgan fingerprint density at radius 3 is 2.42 bits per heavy atom. The summed E-state index contributed by atoms with van der Waals surface area (Å²) >= 11 is 0. The van der Waals surface area contributed by atoms with Crippen LogP contribution in [0.2, 0.25) is 0 Å². The van der Waals surface area contributed by atoms with Gasteiger partial charge in [-0.2, -0.15) is 0 Å². The molecule has 4 nitrogen and oxygen atoms in total. The Bertz CT molecular complexity index is 124. The van der Waals surface area contributed by atoms with Crippen LogP contribution in [0.3, 0.4) is 0 Å². The summed E-state index contributed by atoms with van der Waals surface area (Å²) < 4.78 is 4.99. The fourth-order valence-electron chi connectivity index (χ4n) is 1.19. The zero-order valence-electron chi connectivity index (χ0n) is 7.02. The molecule has 0 aliphatic carbocycles. The fourth-order valence-corrected chi connectivity index (χ4v) is 1.19. The Hall–Kier alpha value is -0.160. The molecule has 0 bridgehead atoms. The van der Waals surface area contributed by atoms with Crippen LogP contribution in [0.4, 0.5) is 0 Å². The topological polar surface area (TPSA) is 73.2 Å². The van der Waals surface area contributed by atoms with Crippen molar-refractivity contribution >= 4 is 0 Å². The third-order valence-electron chi connectivity index (χ3n) is 2.23. The molecular formula is C8H16O4. The Morgan fingerprint density at radius 2 is 2.00 bits per heavy atom. The van der Waals surface area contributed by atoms with E-state index in [-0.39, 0.29) is 19.1 Å². The predicted molar refractivity (Wildman–Crippen MR) is 42.6 cm³/mol. The molecule has 1 aliphatic heterocycles. The van der Waals surface area contributed by atoms with Gasteiger partial charge in [-0.15, -0.1) is 0 Å². The number of ether oxygens (including phenoxy) is 1. The second-order valence-corrected chi connectivity index (χ2v) is 3.23. The SMILES string of the molecule is OCC(O)C(CO)CCC1CO1. The second-order valence-electron chi connectivity index (χ2n) is 3.23. The van der Waals surface area contributed by atoms with Crippen molar-refractivity contribution in [1.82, 2.24) is 0 Å². The van der Waals surface area contributed by atoms with Gasteiger partial charge in [0.1, 0.15) is 0 Å². The summed E-state index contributed by atoms with van der Waals surface area (Å²) in [6.45, 7) is 0.443. The summed E-state index contributed by atoms with van der Waals surface area (Å²) in [6.07, 6.45) is 1.10. The number of aliphatic hydroxyl groups is 3. The number of hydrogen-bond donors (Lipinski definition) is 3. The average molecular weight is 176 g/mol. The van der Waals surface area contributed by atoms with Gasteiger partial charge in [-0.3, -0.25) is 0 Å². The van der Waals surface area contributed by atoms with E-state index in [0.717, 1.165) is 13.0 Å². The molecule has 3 unspecified atom stereocenters. The lowest BCUT2D eigenvalue weighted by Crippen LogP contribution is -2.27. The monoisotopic (exact) mass is 176 g/mol. The van der Waals surface area contributed by atoms with Crippen LogP contribution in [0.25, 0.3) is 0 Å². The summed E-state index contributed by atoms with van der Waals surface area (Å²) in [5.74, 6) is -0.209. The summed E-state index contributed by atoms with van der Waals surface area (Å²) in [4.78, 5) is 0. The third kappa shape index (κ3) is 3.06. The summed E-state index contributed by atoms with van der Waals surface area (Å²) in [5.41, 5.74) is 0. The van der Waals surface area contributed by atoms with Gasteiger partial charge < -0.3 is 20.1 Å². The van der Waals surface area contributed by atoms with Crippen LogP contribution in [0.1, 0.15) is 12.8 Å². The molecule has 0 saturated carbocycles. The lowest BCUT2D eigenvalue weighted by molar-refractivity contribution is 0.0177. The molecule has 4 heteroatoms. The molecule has 1 aliphatic rings.